The summed E-state index contributed by atoms with van der Waals surface area (Å²) in [6.07, 6.45) is 13.9. The number of rotatable bonds is 0. The van der Waals surface area contributed by atoms with Gasteiger partial charge in [-0.2, -0.15) is 0 Å². The molecule has 0 spiro atoms. The van der Waals surface area contributed by atoms with Crippen LogP contribution in [0.5, 0.6) is 0 Å². The Morgan fingerprint density at radius 1 is 1.30 bits per heavy atom. The molecule has 0 aromatic rings. The minimum Gasteiger partial charge on any atom is -0.0841 e. The molecule has 0 aliphatic heterocycles. The molecule has 10 heavy (non-hydrogen) atoms. The Bertz CT molecular complexity index is 174. The fourth-order valence-corrected chi connectivity index (χ4v) is 2.00. The van der Waals surface area contributed by atoms with Gasteiger partial charge < -0.3 is 0 Å². The third-order valence-corrected chi connectivity index (χ3v) is 2.59. The van der Waals surface area contributed by atoms with Crippen molar-refractivity contribution in [1.82, 2.24) is 0 Å². The molecule has 0 N–H and O–H groups in total. The minimum absolute atomic E-state index is 0.836. The number of allylic oxidation sites excluding steroid dienone is 4. The van der Waals surface area contributed by atoms with Gasteiger partial charge in [-0.3, -0.25) is 0 Å². The summed E-state index contributed by atoms with van der Waals surface area (Å²) in [5.41, 5.74) is 1.72. The summed E-state index contributed by atoms with van der Waals surface area (Å²) in [7, 11) is 0. The van der Waals surface area contributed by atoms with Crippen molar-refractivity contribution in [3.63, 3.8) is 0 Å². The Morgan fingerprint density at radius 2 is 2.30 bits per heavy atom. The first-order valence-electron chi connectivity index (χ1n) is 4.32. The molecular weight excluding hydrogens is 120 g/mol. The van der Waals surface area contributed by atoms with E-state index in [2.05, 4.69) is 18.2 Å². The molecule has 0 amide bonds. The molecule has 0 bridgehead atoms. The van der Waals surface area contributed by atoms with Crippen LogP contribution in [0.2, 0.25) is 0 Å². The normalized spacial score (nSPS) is 31.2. The molecule has 2 aliphatic rings. The smallest absolute Gasteiger partial charge is 0.00231 e. The van der Waals surface area contributed by atoms with E-state index in [1.165, 1.54) is 32.1 Å². The maximum absolute atomic E-state index is 2.42. The van der Waals surface area contributed by atoms with Crippen LogP contribution in [0.3, 0.4) is 0 Å². The van der Waals surface area contributed by atoms with Crippen molar-refractivity contribution < 1.29 is 0 Å². The van der Waals surface area contributed by atoms with Crippen molar-refractivity contribution in [2.75, 3.05) is 0 Å². The molecule has 0 nitrogen and oxygen atoms in total. The first-order chi connectivity index (χ1) is 4.97. The molecule has 1 fully saturated rings. The van der Waals surface area contributed by atoms with Crippen LogP contribution in [0, 0.1) is 5.92 Å². The van der Waals surface area contributed by atoms with E-state index in [1.807, 2.05) is 0 Å². The molecule has 1 saturated carbocycles. The summed E-state index contributed by atoms with van der Waals surface area (Å²) in [4.78, 5) is 0. The van der Waals surface area contributed by atoms with Crippen LogP contribution in [-0.2, 0) is 0 Å². The molecule has 54 valence electrons. The van der Waals surface area contributed by atoms with Crippen LogP contribution in [0.1, 0.15) is 32.1 Å². The Morgan fingerprint density at radius 3 is 3.20 bits per heavy atom. The van der Waals surface area contributed by atoms with E-state index in [9.17, 15) is 0 Å². The predicted molar refractivity (Wildman–Crippen MR) is 43.8 cm³/mol. The Balaban J connectivity index is 2.13. The Hall–Kier alpha value is -0.520. The summed E-state index contributed by atoms with van der Waals surface area (Å²) in [6, 6.07) is 0. The summed E-state index contributed by atoms with van der Waals surface area (Å²) in [5.74, 6) is 0.836. The molecular formula is C10H14. The summed E-state index contributed by atoms with van der Waals surface area (Å²) < 4.78 is 0. The monoisotopic (exact) mass is 134 g/mol. The van der Waals surface area contributed by atoms with Crippen molar-refractivity contribution in [3.05, 3.63) is 23.8 Å². The van der Waals surface area contributed by atoms with Crippen molar-refractivity contribution in [2.24, 2.45) is 5.92 Å². The van der Waals surface area contributed by atoms with Gasteiger partial charge in [0.2, 0.25) is 0 Å². The van der Waals surface area contributed by atoms with Crippen LogP contribution >= 0.6 is 0 Å². The van der Waals surface area contributed by atoms with E-state index in [4.69, 9.17) is 0 Å². The second-order valence-electron chi connectivity index (χ2n) is 3.30. The summed E-state index contributed by atoms with van der Waals surface area (Å²) in [5, 5.41) is 0. The largest absolute Gasteiger partial charge is 0.0841 e. The Kier molecular flexibility index (Phi) is 1.62. The van der Waals surface area contributed by atoms with Crippen LogP contribution in [0.15, 0.2) is 23.8 Å². The van der Waals surface area contributed by atoms with Crippen molar-refractivity contribution >= 4 is 0 Å². The van der Waals surface area contributed by atoms with Gasteiger partial charge in [0.05, 0.1) is 0 Å². The van der Waals surface area contributed by atoms with Crippen LogP contribution in [0.25, 0.3) is 0 Å². The van der Waals surface area contributed by atoms with E-state index in [-0.39, 0.29) is 0 Å². The zero-order valence-electron chi connectivity index (χ0n) is 6.34. The van der Waals surface area contributed by atoms with Gasteiger partial charge in [0.1, 0.15) is 0 Å². The average molecular weight is 134 g/mol. The molecule has 0 radical (unpaired) electrons. The minimum atomic E-state index is 0.836. The molecule has 0 aromatic heterocycles. The van der Waals surface area contributed by atoms with Crippen LogP contribution < -0.4 is 0 Å². The van der Waals surface area contributed by atoms with Gasteiger partial charge in [0, 0.05) is 0 Å². The van der Waals surface area contributed by atoms with Crippen molar-refractivity contribution in [1.29, 1.82) is 0 Å². The number of hydrogen-bond acceptors (Lipinski definition) is 0. The second-order valence-corrected chi connectivity index (χ2v) is 3.30. The lowest BCUT2D eigenvalue weighted by Gasteiger charge is -2.24. The lowest BCUT2D eigenvalue weighted by atomic mass is 9.81. The SMILES string of the molecule is C1=CC2CCCCC2=CC1. The van der Waals surface area contributed by atoms with Gasteiger partial charge in [0.25, 0.3) is 0 Å². The van der Waals surface area contributed by atoms with E-state index in [0.29, 0.717) is 0 Å². The summed E-state index contributed by atoms with van der Waals surface area (Å²) in [6.45, 7) is 0. The highest BCUT2D eigenvalue weighted by molar-refractivity contribution is 5.20. The maximum atomic E-state index is 2.42. The van der Waals surface area contributed by atoms with Gasteiger partial charge in [-0.25, -0.2) is 0 Å². The molecule has 2 aliphatic carbocycles. The fraction of sp³-hybridized carbons (Fsp3) is 0.600. The summed E-state index contributed by atoms with van der Waals surface area (Å²) >= 11 is 0. The highest BCUT2D eigenvalue weighted by Gasteiger charge is 2.16. The van der Waals surface area contributed by atoms with E-state index in [1.54, 1.807) is 5.57 Å². The molecule has 1 unspecified atom stereocenters. The highest BCUT2D eigenvalue weighted by Crippen LogP contribution is 2.32. The molecule has 0 heterocycles. The second kappa shape index (κ2) is 2.61. The molecule has 1 atom stereocenters. The molecule has 2 rings (SSSR count). The van der Waals surface area contributed by atoms with E-state index >= 15 is 0 Å². The van der Waals surface area contributed by atoms with Crippen LogP contribution in [0.4, 0.5) is 0 Å². The van der Waals surface area contributed by atoms with Gasteiger partial charge in [-0.05, 0) is 31.6 Å². The maximum Gasteiger partial charge on any atom is -0.00231 e. The van der Waals surface area contributed by atoms with E-state index in [0.717, 1.165) is 5.92 Å². The Labute approximate surface area is 62.6 Å². The predicted octanol–water partition coefficient (Wildman–Crippen LogP) is 3.06. The van der Waals surface area contributed by atoms with E-state index < -0.39 is 0 Å². The standard InChI is InChI=1S/C10H14/c1-2-6-10-8-4-3-7-9(10)5-1/h1,5-6,9H,2-4,7-8H2. The molecule has 0 saturated heterocycles. The van der Waals surface area contributed by atoms with Gasteiger partial charge in [0.15, 0.2) is 0 Å². The topological polar surface area (TPSA) is 0 Å². The molecule has 0 aromatic carbocycles. The van der Waals surface area contributed by atoms with Gasteiger partial charge >= 0.3 is 0 Å². The first-order valence-corrected chi connectivity index (χ1v) is 4.32. The quantitative estimate of drug-likeness (QED) is 0.447. The zero-order valence-corrected chi connectivity index (χ0v) is 6.34. The van der Waals surface area contributed by atoms with Crippen molar-refractivity contribution in [3.8, 4) is 0 Å². The van der Waals surface area contributed by atoms with Crippen molar-refractivity contribution in [2.45, 2.75) is 32.1 Å². The number of hydrogen-bond donors (Lipinski definition) is 0. The zero-order chi connectivity index (χ0) is 6.81. The average Bonchev–Trinajstić information content (AvgIpc) is 2.05. The lowest BCUT2D eigenvalue weighted by Crippen LogP contribution is -2.09. The van der Waals surface area contributed by atoms with Crippen LogP contribution in [-0.4, -0.2) is 0 Å². The molecule has 0 heteroatoms. The first kappa shape index (κ1) is 6.21. The third kappa shape index (κ3) is 1.03. The number of fused-ring (bicyclic) bond motifs is 1. The highest BCUT2D eigenvalue weighted by atomic mass is 14.2. The van der Waals surface area contributed by atoms with Gasteiger partial charge in [-0.15, -0.1) is 0 Å². The third-order valence-electron chi connectivity index (χ3n) is 2.59. The van der Waals surface area contributed by atoms with Gasteiger partial charge in [-0.1, -0.05) is 30.2 Å². The fourth-order valence-electron chi connectivity index (χ4n) is 2.00. The lowest BCUT2D eigenvalue weighted by molar-refractivity contribution is 0.513.